The quantitative estimate of drug-likeness (QED) is 0.326. The average molecular weight is 536 g/mol. The van der Waals surface area contributed by atoms with E-state index in [1.165, 1.54) is 12.1 Å². The van der Waals surface area contributed by atoms with Crippen LogP contribution in [0.25, 0.3) is 0 Å². The molecule has 0 unspecified atom stereocenters. The van der Waals surface area contributed by atoms with Crippen molar-refractivity contribution in [3.8, 4) is 0 Å². The molecule has 0 aliphatic carbocycles. The number of ether oxygens (including phenoxy) is 1. The number of amides is 1. The number of hydrogen-bond acceptors (Lipinski definition) is 6. The van der Waals surface area contributed by atoms with E-state index < -0.39 is 24.2 Å². The molecule has 0 saturated carbocycles. The Hall–Kier alpha value is -2.82. The Labute approximate surface area is 223 Å². The fourth-order valence-electron chi connectivity index (χ4n) is 4.43. The van der Waals surface area contributed by atoms with E-state index in [1.54, 1.807) is 12.1 Å². The normalized spacial score (nSPS) is 16.7. The second kappa shape index (κ2) is 13.8. The lowest BCUT2D eigenvalue weighted by Gasteiger charge is -2.29. The summed E-state index contributed by atoms with van der Waals surface area (Å²) in [6.07, 6.45) is -4.30. The molecule has 1 aliphatic heterocycles. The van der Waals surface area contributed by atoms with E-state index in [9.17, 15) is 18.0 Å². The third kappa shape index (κ3) is 8.89. The number of hydrogen-bond donors (Lipinski definition) is 4. The predicted octanol–water partition coefficient (Wildman–Crippen LogP) is 4.21. The number of morpholine rings is 1. The molecule has 10 heteroatoms. The highest BCUT2D eigenvalue weighted by Gasteiger charge is 2.43. The van der Waals surface area contributed by atoms with Crippen LogP contribution in [0.2, 0.25) is 0 Å². The molecule has 210 valence electrons. The fraction of sp³-hybridized carbons (Fsp3) is 0.536. The molecule has 1 aliphatic rings. The number of benzene rings is 2. The average Bonchev–Trinajstić information content (AvgIpc) is 2.90. The van der Waals surface area contributed by atoms with E-state index in [4.69, 9.17) is 10.5 Å². The molecule has 1 fully saturated rings. The van der Waals surface area contributed by atoms with Gasteiger partial charge in [-0.1, -0.05) is 38.1 Å². The van der Waals surface area contributed by atoms with Gasteiger partial charge in [-0.05, 0) is 54.7 Å². The molecule has 2 aromatic carbocycles. The highest BCUT2D eigenvalue weighted by atomic mass is 19.4. The zero-order valence-electron chi connectivity index (χ0n) is 22.4. The minimum atomic E-state index is -4.57. The fourth-order valence-corrected chi connectivity index (χ4v) is 4.43. The SMILES string of the molecule is CC(C)C[C@H](N[C@@H](c1ccc(CN)cc1)C(F)(F)F)C(=O)N[C@@H](C)CNc1ccc(N2CCOCC2)cc1. The number of nitrogens with one attached hydrogen (secondary N) is 3. The van der Waals surface area contributed by atoms with Crippen molar-refractivity contribution in [3.63, 3.8) is 0 Å². The van der Waals surface area contributed by atoms with Gasteiger partial charge in [-0.25, -0.2) is 0 Å². The first-order valence-corrected chi connectivity index (χ1v) is 13.2. The van der Waals surface area contributed by atoms with Gasteiger partial charge in [0.15, 0.2) is 0 Å². The molecule has 7 nitrogen and oxygen atoms in total. The Morgan fingerprint density at radius 1 is 1.03 bits per heavy atom. The maximum Gasteiger partial charge on any atom is 0.407 e. The second-order valence-electron chi connectivity index (χ2n) is 10.2. The van der Waals surface area contributed by atoms with E-state index in [1.807, 2.05) is 45.0 Å². The van der Waals surface area contributed by atoms with Gasteiger partial charge in [-0.2, -0.15) is 13.2 Å². The van der Waals surface area contributed by atoms with E-state index in [-0.39, 0.29) is 30.5 Å². The first-order chi connectivity index (χ1) is 18.1. The molecule has 1 saturated heterocycles. The molecular formula is C28H40F3N5O2. The molecule has 3 rings (SSSR count). The number of rotatable bonds is 12. The summed E-state index contributed by atoms with van der Waals surface area (Å²) >= 11 is 0. The Kier molecular flexibility index (Phi) is 10.8. The molecule has 0 spiro atoms. The van der Waals surface area contributed by atoms with Crippen LogP contribution in [0.1, 0.15) is 44.4 Å². The minimum Gasteiger partial charge on any atom is -0.383 e. The van der Waals surface area contributed by atoms with Crippen molar-refractivity contribution in [1.82, 2.24) is 10.6 Å². The van der Waals surface area contributed by atoms with Crippen molar-refractivity contribution in [1.29, 1.82) is 0 Å². The van der Waals surface area contributed by atoms with Crippen molar-refractivity contribution in [3.05, 3.63) is 59.7 Å². The standard InChI is InChI=1S/C28H40F3N5O2/c1-19(2)16-25(35-26(28(29,30)31)22-6-4-21(17-32)5-7-22)27(37)34-20(3)18-33-23-8-10-24(11-9-23)36-12-14-38-15-13-36/h4-11,19-20,25-26,33,35H,12-18,32H2,1-3H3,(H,34,37)/t20-,25-,26-/m0/s1. The van der Waals surface area contributed by atoms with Crippen molar-refractivity contribution in [2.24, 2.45) is 11.7 Å². The van der Waals surface area contributed by atoms with Gasteiger partial charge < -0.3 is 26.0 Å². The van der Waals surface area contributed by atoms with Crippen LogP contribution in [0.5, 0.6) is 0 Å². The maximum absolute atomic E-state index is 14.0. The van der Waals surface area contributed by atoms with Crippen LogP contribution in [-0.2, 0) is 16.1 Å². The van der Waals surface area contributed by atoms with Crippen LogP contribution >= 0.6 is 0 Å². The predicted molar refractivity (Wildman–Crippen MR) is 145 cm³/mol. The molecule has 0 radical (unpaired) electrons. The van der Waals surface area contributed by atoms with E-state index >= 15 is 0 Å². The van der Waals surface area contributed by atoms with E-state index in [2.05, 4.69) is 20.9 Å². The molecule has 1 heterocycles. The van der Waals surface area contributed by atoms with Crippen LogP contribution in [0.4, 0.5) is 24.5 Å². The Bertz CT molecular complexity index is 993. The number of nitrogens with two attached hydrogens (primary N) is 1. The summed E-state index contributed by atoms with van der Waals surface area (Å²) in [6, 6.07) is 10.7. The first kappa shape index (κ1) is 29.7. The Morgan fingerprint density at radius 3 is 2.21 bits per heavy atom. The summed E-state index contributed by atoms with van der Waals surface area (Å²) in [4.78, 5) is 15.4. The molecule has 1 amide bonds. The van der Waals surface area contributed by atoms with Crippen molar-refractivity contribution in [2.75, 3.05) is 43.1 Å². The van der Waals surface area contributed by atoms with Crippen molar-refractivity contribution in [2.45, 2.75) is 58.0 Å². The molecule has 0 aromatic heterocycles. The molecule has 38 heavy (non-hydrogen) atoms. The number of carbonyl (C=O) groups excluding carboxylic acids is 1. The molecule has 5 N–H and O–H groups in total. The summed E-state index contributed by atoms with van der Waals surface area (Å²) < 4.78 is 47.5. The highest BCUT2D eigenvalue weighted by molar-refractivity contribution is 5.82. The minimum absolute atomic E-state index is 0.0187. The van der Waals surface area contributed by atoms with E-state index in [0.29, 0.717) is 19.8 Å². The van der Waals surface area contributed by atoms with Crippen LogP contribution < -0.4 is 26.6 Å². The molecule has 3 atom stereocenters. The smallest absolute Gasteiger partial charge is 0.383 e. The lowest BCUT2D eigenvalue weighted by Crippen LogP contribution is -2.52. The summed E-state index contributed by atoms with van der Waals surface area (Å²) in [5.74, 6) is -0.436. The van der Waals surface area contributed by atoms with E-state index in [0.717, 1.165) is 30.0 Å². The highest BCUT2D eigenvalue weighted by Crippen LogP contribution is 2.33. The summed E-state index contributed by atoms with van der Waals surface area (Å²) in [5, 5.41) is 8.76. The summed E-state index contributed by atoms with van der Waals surface area (Å²) in [6.45, 7) is 9.41. The number of alkyl halides is 3. The van der Waals surface area contributed by atoms with Crippen molar-refractivity contribution >= 4 is 17.3 Å². The summed E-state index contributed by atoms with van der Waals surface area (Å²) in [7, 11) is 0. The van der Waals surface area contributed by atoms with Gasteiger partial charge in [0, 0.05) is 43.6 Å². The van der Waals surface area contributed by atoms with Gasteiger partial charge in [0.2, 0.25) is 5.91 Å². The topological polar surface area (TPSA) is 91.6 Å². The van der Waals surface area contributed by atoms with Gasteiger partial charge in [-0.15, -0.1) is 0 Å². The van der Waals surface area contributed by atoms with Gasteiger partial charge in [0.1, 0.15) is 6.04 Å². The zero-order chi connectivity index (χ0) is 27.7. The van der Waals surface area contributed by atoms with Gasteiger partial charge >= 0.3 is 6.18 Å². The van der Waals surface area contributed by atoms with Gasteiger partial charge in [0.05, 0.1) is 19.3 Å². The number of halogens is 3. The van der Waals surface area contributed by atoms with Crippen molar-refractivity contribution < 1.29 is 22.7 Å². The maximum atomic E-state index is 14.0. The lowest BCUT2D eigenvalue weighted by molar-refractivity contribution is -0.161. The van der Waals surface area contributed by atoms with Gasteiger partial charge in [-0.3, -0.25) is 10.1 Å². The third-order valence-corrected chi connectivity index (χ3v) is 6.51. The molecular weight excluding hydrogens is 495 g/mol. The third-order valence-electron chi connectivity index (χ3n) is 6.51. The Morgan fingerprint density at radius 2 is 1.66 bits per heavy atom. The summed E-state index contributed by atoms with van der Waals surface area (Å²) in [5.41, 5.74) is 8.39. The van der Waals surface area contributed by atoms with Gasteiger partial charge in [0.25, 0.3) is 0 Å². The number of nitrogens with zero attached hydrogens (tertiary/aromatic N) is 1. The molecule has 0 bridgehead atoms. The number of anilines is 2. The number of carbonyl (C=O) groups is 1. The van der Waals surface area contributed by atoms with Crippen LogP contribution in [0, 0.1) is 5.92 Å². The second-order valence-corrected chi connectivity index (χ2v) is 10.2. The van der Waals surface area contributed by atoms with Crippen LogP contribution in [0.15, 0.2) is 48.5 Å². The van der Waals surface area contributed by atoms with Crippen LogP contribution in [-0.4, -0.2) is 57.0 Å². The Balaban J connectivity index is 1.60. The zero-order valence-corrected chi connectivity index (χ0v) is 22.4. The van der Waals surface area contributed by atoms with Crippen LogP contribution in [0.3, 0.4) is 0 Å². The lowest BCUT2D eigenvalue weighted by atomic mass is 9.98. The molecule has 2 aromatic rings. The first-order valence-electron chi connectivity index (χ1n) is 13.2. The monoisotopic (exact) mass is 535 g/mol. The largest absolute Gasteiger partial charge is 0.407 e.